The second kappa shape index (κ2) is 7.85. The first-order valence-corrected chi connectivity index (χ1v) is 8.23. The molecule has 0 atom stereocenters. The molecule has 0 saturated heterocycles. The molecule has 128 valence electrons. The van der Waals surface area contributed by atoms with Gasteiger partial charge in [-0.25, -0.2) is 0 Å². The van der Waals surface area contributed by atoms with Crippen LogP contribution >= 0.6 is 15.9 Å². The third-order valence-corrected chi connectivity index (χ3v) is 3.87. The van der Waals surface area contributed by atoms with Crippen molar-refractivity contribution in [2.75, 3.05) is 19.0 Å². The molecule has 1 heterocycles. The van der Waals surface area contributed by atoms with Crippen molar-refractivity contribution in [3.63, 3.8) is 0 Å². The minimum Gasteiger partial charge on any atom is -0.493 e. The highest BCUT2D eigenvalue weighted by Gasteiger charge is 2.11. The van der Waals surface area contributed by atoms with Crippen LogP contribution in [0, 0.1) is 0 Å². The number of nitrogens with zero attached hydrogens (tertiary/aromatic N) is 1. The lowest BCUT2D eigenvalue weighted by atomic mass is 10.1. The van der Waals surface area contributed by atoms with Crippen LogP contribution in [0.3, 0.4) is 0 Å². The van der Waals surface area contributed by atoms with Gasteiger partial charge in [0.2, 0.25) is 5.88 Å². The number of benzene rings is 2. The Morgan fingerprint density at radius 3 is 2.60 bits per heavy atom. The molecule has 0 bridgehead atoms. The molecule has 0 spiro atoms. The number of aromatic nitrogens is 1. The normalized spacial score (nSPS) is 10.3. The largest absolute Gasteiger partial charge is 0.493 e. The van der Waals surface area contributed by atoms with Gasteiger partial charge in [0, 0.05) is 16.1 Å². The van der Waals surface area contributed by atoms with Crippen molar-refractivity contribution in [1.82, 2.24) is 5.16 Å². The highest BCUT2D eigenvalue weighted by molar-refractivity contribution is 9.10. The predicted octanol–water partition coefficient (Wildman–Crippen LogP) is 4.13. The van der Waals surface area contributed by atoms with Gasteiger partial charge in [0.15, 0.2) is 18.1 Å². The van der Waals surface area contributed by atoms with Gasteiger partial charge in [-0.1, -0.05) is 45.4 Å². The molecule has 1 amide bonds. The topological polar surface area (TPSA) is 73.6 Å². The van der Waals surface area contributed by atoms with E-state index in [9.17, 15) is 4.79 Å². The molecule has 1 N–H and O–H groups in total. The number of halogens is 1. The van der Waals surface area contributed by atoms with Gasteiger partial charge in [-0.3, -0.25) is 10.1 Å². The third kappa shape index (κ3) is 4.39. The molecular formula is C18H15BrN2O4. The van der Waals surface area contributed by atoms with Crippen LogP contribution in [0.15, 0.2) is 63.6 Å². The summed E-state index contributed by atoms with van der Waals surface area (Å²) in [5.41, 5.74) is 1.52. The van der Waals surface area contributed by atoms with Crippen LogP contribution in [0.4, 0.5) is 5.88 Å². The molecule has 0 aliphatic rings. The van der Waals surface area contributed by atoms with Gasteiger partial charge in [-0.05, 0) is 24.3 Å². The fraction of sp³-hybridized carbons (Fsp3) is 0.111. The summed E-state index contributed by atoms with van der Waals surface area (Å²) in [6, 6.07) is 16.4. The van der Waals surface area contributed by atoms with Crippen molar-refractivity contribution in [2.45, 2.75) is 0 Å². The Labute approximate surface area is 152 Å². The van der Waals surface area contributed by atoms with Gasteiger partial charge < -0.3 is 14.0 Å². The van der Waals surface area contributed by atoms with E-state index < -0.39 is 0 Å². The van der Waals surface area contributed by atoms with Crippen molar-refractivity contribution in [3.05, 3.63) is 59.1 Å². The van der Waals surface area contributed by atoms with E-state index in [1.54, 1.807) is 31.4 Å². The predicted molar refractivity (Wildman–Crippen MR) is 96.8 cm³/mol. The summed E-state index contributed by atoms with van der Waals surface area (Å²) in [5.74, 6) is 0.955. The average molecular weight is 403 g/mol. The number of methoxy groups -OCH3 is 1. The molecule has 0 aliphatic heterocycles. The van der Waals surface area contributed by atoms with Crippen LogP contribution in [0.25, 0.3) is 11.3 Å². The summed E-state index contributed by atoms with van der Waals surface area (Å²) in [5, 5.41) is 6.56. The zero-order valence-corrected chi connectivity index (χ0v) is 14.9. The number of carbonyl (C=O) groups excluding carboxylic acids is 1. The third-order valence-electron chi connectivity index (χ3n) is 3.34. The smallest absolute Gasteiger partial charge is 0.264 e. The summed E-state index contributed by atoms with van der Waals surface area (Å²) in [7, 11) is 1.54. The lowest BCUT2D eigenvalue weighted by Gasteiger charge is -2.09. The van der Waals surface area contributed by atoms with E-state index in [0.717, 1.165) is 10.0 Å². The number of amides is 1. The maximum absolute atomic E-state index is 12.0. The monoisotopic (exact) mass is 402 g/mol. The summed E-state index contributed by atoms with van der Waals surface area (Å²) in [6.07, 6.45) is 0. The van der Waals surface area contributed by atoms with Gasteiger partial charge >= 0.3 is 0 Å². The van der Waals surface area contributed by atoms with E-state index in [1.807, 2.05) is 30.3 Å². The average Bonchev–Trinajstić information content (AvgIpc) is 3.09. The number of hydrogen-bond donors (Lipinski definition) is 1. The van der Waals surface area contributed by atoms with Gasteiger partial charge in [-0.15, -0.1) is 0 Å². The molecule has 0 saturated carbocycles. The molecule has 1 aromatic heterocycles. The van der Waals surface area contributed by atoms with Crippen molar-refractivity contribution >= 4 is 27.7 Å². The van der Waals surface area contributed by atoms with E-state index in [1.165, 1.54) is 0 Å². The zero-order valence-electron chi connectivity index (χ0n) is 13.4. The van der Waals surface area contributed by atoms with Crippen LogP contribution in [0.5, 0.6) is 11.5 Å². The van der Waals surface area contributed by atoms with Crippen LogP contribution in [-0.4, -0.2) is 24.8 Å². The second-order valence-corrected chi connectivity index (χ2v) is 5.99. The molecule has 0 radical (unpaired) electrons. The van der Waals surface area contributed by atoms with Crippen LogP contribution < -0.4 is 14.8 Å². The zero-order chi connectivity index (χ0) is 17.6. The van der Waals surface area contributed by atoms with E-state index in [0.29, 0.717) is 17.2 Å². The molecule has 0 aliphatic carbocycles. The maximum Gasteiger partial charge on any atom is 0.264 e. The Balaban J connectivity index is 1.59. The molecule has 0 unspecified atom stereocenters. The number of ether oxygens (including phenoxy) is 2. The molecule has 6 nitrogen and oxygen atoms in total. The number of carbonyl (C=O) groups is 1. The van der Waals surface area contributed by atoms with Gasteiger partial charge in [-0.2, -0.15) is 0 Å². The van der Waals surface area contributed by atoms with E-state index in [-0.39, 0.29) is 18.4 Å². The Morgan fingerprint density at radius 1 is 1.16 bits per heavy atom. The second-order valence-electron chi connectivity index (χ2n) is 5.07. The minimum absolute atomic E-state index is 0.172. The van der Waals surface area contributed by atoms with E-state index in [2.05, 4.69) is 26.4 Å². The van der Waals surface area contributed by atoms with E-state index in [4.69, 9.17) is 14.0 Å². The molecular weight excluding hydrogens is 388 g/mol. The number of anilines is 1. The Kier molecular flexibility index (Phi) is 5.35. The quantitative estimate of drug-likeness (QED) is 0.670. The SMILES string of the molecule is COc1ccccc1OCC(=O)Nc1cc(-c2ccc(Br)cc2)no1. The molecule has 0 fully saturated rings. The Hall–Kier alpha value is -2.80. The first kappa shape index (κ1) is 17.0. The van der Waals surface area contributed by atoms with Gasteiger partial charge in [0.1, 0.15) is 5.69 Å². The fourth-order valence-electron chi connectivity index (χ4n) is 2.15. The lowest BCUT2D eigenvalue weighted by Crippen LogP contribution is -2.20. The summed E-state index contributed by atoms with van der Waals surface area (Å²) in [4.78, 5) is 12.0. The van der Waals surface area contributed by atoms with Crippen molar-refractivity contribution in [2.24, 2.45) is 0 Å². The summed E-state index contributed by atoms with van der Waals surface area (Å²) in [6.45, 7) is -0.172. The van der Waals surface area contributed by atoms with Crippen molar-refractivity contribution in [3.8, 4) is 22.8 Å². The lowest BCUT2D eigenvalue weighted by molar-refractivity contribution is -0.118. The Morgan fingerprint density at radius 2 is 1.88 bits per heavy atom. The van der Waals surface area contributed by atoms with Gasteiger partial charge in [0.25, 0.3) is 5.91 Å². The van der Waals surface area contributed by atoms with Crippen LogP contribution in [0.2, 0.25) is 0 Å². The number of para-hydroxylation sites is 2. The van der Waals surface area contributed by atoms with Crippen LogP contribution in [-0.2, 0) is 4.79 Å². The van der Waals surface area contributed by atoms with Crippen LogP contribution in [0.1, 0.15) is 0 Å². The first-order chi connectivity index (χ1) is 12.2. The Bertz CT molecular complexity index is 862. The highest BCUT2D eigenvalue weighted by atomic mass is 79.9. The maximum atomic E-state index is 12.0. The highest BCUT2D eigenvalue weighted by Crippen LogP contribution is 2.26. The standard InChI is InChI=1S/C18H15BrN2O4/c1-23-15-4-2-3-5-16(15)24-11-17(22)20-18-10-14(21-25-18)12-6-8-13(19)9-7-12/h2-10H,11H2,1H3,(H,20,22). The molecule has 25 heavy (non-hydrogen) atoms. The summed E-state index contributed by atoms with van der Waals surface area (Å²) >= 11 is 3.38. The van der Waals surface area contributed by atoms with Gasteiger partial charge in [0.05, 0.1) is 7.11 Å². The van der Waals surface area contributed by atoms with Crippen molar-refractivity contribution in [1.29, 1.82) is 0 Å². The molecule has 2 aromatic carbocycles. The molecule has 3 rings (SSSR count). The number of rotatable bonds is 6. The fourth-order valence-corrected chi connectivity index (χ4v) is 2.41. The van der Waals surface area contributed by atoms with E-state index >= 15 is 0 Å². The number of hydrogen-bond acceptors (Lipinski definition) is 5. The molecule has 7 heteroatoms. The van der Waals surface area contributed by atoms with Crippen molar-refractivity contribution < 1.29 is 18.8 Å². The summed E-state index contributed by atoms with van der Waals surface area (Å²) < 4.78 is 16.7. The number of nitrogens with one attached hydrogen (secondary N) is 1. The minimum atomic E-state index is -0.357. The first-order valence-electron chi connectivity index (χ1n) is 7.44. The molecule has 3 aromatic rings.